The van der Waals surface area contributed by atoms with Crippen LogP contribution in [0.5, 0.6) is 0 Å². The summed E-state index contributed by atoms with van der Waals surface area (Å²) in [6, 6.07) is 0. The third-order valence-electron chi connectivity index (χ3n) is 13.4. The van der Waals surface area contributed by atoms with E-state index in [4.69, 9.17) is 14.2 Å². The molecule has 438 valence electrons. The van der Waals surface area contributed by atoms with E-state index in [1.165, 1.54) is 122 Å². The average Bonchev–Trinajstić information content (AvgIpc) is 3.43. The minimum absolute atomic E-state index is 0.0904. The summed E-state index contributed by atoms with van der Waals surface area (Å²) in [6.07, 6.45) is 89.1. The number of rotatable bonds is 57. The van der Waals surface area contributed by atoms with E-state index in [1.54, 1.807) is 0 Å². The number of unbranched alkanes of at least 4 members (excludes halogenated alkanes) is 26. The summed E-state index contributed by atoms with van der Waals surface area (Å²) in [5.41, 5.74) is 0. The van der Waals surface area contributed by atoms with Crippen LogP contribution >= 0.6 is 0 Å². The minimum atomic E-state index is -0.794. The number of allylic oxidation sites excluding steroid dienone is 20. The molecule has 0 rings (SSSR count). The molecule has 0 spiro atoms. The van der Waals surface area contributed by atoms with Gasteiger partial charge in [-0.1, -0.05) is 258 Å². The number of hydrogen-bond acceptors (Lipinski definition) is 6. The molecule has 6 heteroatoms. The molecule has 0 aliphatic heterocycles. The van der Waals surface area contributed by atoms with Crippen LogP contribution in [0.15, 0.2) is 122 Å². The summed E-state index contributed by atoms with van der Waals surface area (Å²) < 4.78 is 16.9. The van der Waals surface area contributed by atoms with Crippen LogP contribution < -0.4 is 0 Å². The van der Waals surface area contributed by atoms with E-state index in [9.17, 15) is 14.4 Å². The summed E-state index contributed by atoms with van der Waals surface area (Å²) in [4.78, 5) is 38.3. The first kappa shape index (κ1) is 72.8. The van der Waals surface area contributed by atoms with Crippen molar-refractivity contribution in [2.75, 3.05) is 13.2 Å². The monoisotopic (exact) mass is 1070 g/mol. The molecule has 0 amide bonds. The Labute approximate surface area is 475 Å². The Morgan fingerprint density at radius 3 is 0.831 bits per heavy atom. The molecule has 0 fully saturated rings. The Bertz CT molecular complexity index is 1600. The first-order valence-electron chi connectivity index (χ1n) is 32.0. The van der Waals surface area contributed by atoms with Gasteiger partial charge in [-0.2, -0.15) is 0 Å². The molecule has 6 nitrogen and oxygen atoms in total. The number of hydrogen-bond donors (Lipinski definition) is 0. The molecule has 0 aromatic carbocycles. The van der Waals surface area contributed by atoms with Crippen LogP contribution in [0.2, 0.25) is 0 Å². The molecular formula is C71H118O6. The molecule has 0 aliphatic rings. The summed E-state index contributed by atoms with van der Waals surface area (Å²) in [6.45, 7) is 6.47. The Hall–Kier alpha value is -4.19. The average molecular weight is 1070 g/mol. The van der Waals surface area contributed by atoms with Gasteiger partial charge < -0.3 is 14.2 Å². The molecule has 0 saturated heterocycles. The van der Waals surface area contributed by atoms with Crippen LogP contribution in [0.25, 0.3) is 0 Å². The van der Waals surface area contributed by atoms with Gasteiger partial charge in [-0.15, -0.1) is 0 Å². The van der Waals surface area contributed by atoms with E-state index < -0.39 is 6.10 Å². The normalized spacial score (nSPS) is 12.9. The van der Waals surface area contributed by atoms with Gasteiger partial charge >= 0.3 is 17.9 Å². The highest BCUT2D eigenvalue weighted by atomic mass is 16.6. The fourth-order valence-corrected chi connectivity index (χ4v) is 8.62. The third-order valence-corrected chi connectivity index (χ3v) is 13.4. The molecule has 0 aromatic heterocycles. The van der Waals surface area contributed by atoms with Gasteiger partial charge in [0.2, 0.25) is 0 Å². The maximum absolute atomic E-state index is 12.9. The van der Waals surface area contributed by atoms with Gasteiger partial charge in [0.15, 0.2) is 6.10 Å². The fraction of sp³-hybridized carbons (Fsp3) is 0.676. The van der Waals surface area contributed by atoms with Crippen LogP contribution in [0, 0.1) is 0 Å². The van der Waals surface area contributed by atoms with E-state index >= 15 is 0 Å². The molecule has 1 atom stereocenters. The predicted octanol–water partition coefficient (Wildman–Crippen LogP) is 22.0. The van der Waals surface area contributed by atoms with Crippen LogP contribution in [0.3, 0.4) is 0 Å². The van der Waals surface area contributed by atoms with Crippen LogP contribution in [0.4, 0.5) is 0 Å². The first-order chi connectivity index (χ1) is 38.0. The second-order valence-corrected chi connectivity index (χ2v) is 20.9. The van der Waals surface area contributed by atoms with Gasteiger partial charge in [-0.25, -0.2) is 0 Å². The molecule has 0 bridgehead atoms. The van der Waals surface area contributed by atoms with Crippen molar-refractivity contribution in [3.8, 4) is 0 Å². The lowest BCUT2D eigenvalue weighted by molar-refractivity contribution is -0.167. The Morgan fingerprint density at radius 2 is 0.506 bits per heavy atom. The SMILES string of the molecule is CC/C=C\C/C=C\C/C=C\C/C=C\C/C=C\C/C=C\C/C=C\CCCCCCCCCC(=O)OCC(COC(=O)CCCCCCC/C=C\CCCCCC)OC(=O)CCCCCCCCC/C=C\C/C=C\CCCCC. The summed E-state index contributed by atoms with van der Waals surface area (Å²) >= 11 is 0. The van der Waals surface area contributed by atoms with Crippen molar-refractivity contribution in [2.45, 2.75) is 297 Å². The van der Waals surface area contributed by atoms with E-state index in [1.807, 2.05) is 0 Å². The second kappa shape index (κ2) is 64.3. The Balaban J connectivity index is 4.35. The standard InChI is InChI=1S/C71H118O6/c1-4-7-10-13-16-19-22-25-27-29-30-31-32-33-34-35-36-37-38-39-40-42-43-46-49-52-55-58-61-64-70(73)76-67-68(66-75-69(72)63-60-57-54-51-48-45-24-21-18-15-12-9-6-3)77-71(74)65-62-59-56-53-50-47-44-41-28-26-23-20-17-14-11-8-5-2/h7,10,16-17,19-21,24-28,30-31,33-34,36-37,39-40,68H,4-6,8-9,11-15,18,22-23,29,32,35,38,41-67H2,1-3H3/b10-7-,19-16-,20-17-,24-21-,27-25-,28-26-,31-30-,34-33-,37-36-,40-39-. The van der Waals surface area contributed by atoms with E-state index in [0.717, 1.165) is 128 Å². The lowest BCUT2D eigenvalue weighted by atomic mass is 10.1. The van der Waals surface area contributed by atoms with Gasteiger partial charge in [0.05, 0.1) is 0 Å². The Morgan fingerprint density at radius 1 is 0.273 bits per heavy atom. The van der Waals surface area contributed by atoms with Gasteiger partial charge in [0.25, 0.3) is 0 Å². The smallest absolute Gasteiger partial charge is 0.306 e. The topological polar surface area (TPSA) is 78.9 Å². The number of ether oxygens (including phenoxy) is 3. The zero-order valence-corrected chi connectivity index (χ0v) is 50.2. The highest BCUT2D eigenvalue weighted by molar-refractivity contribution is 5.71. The molecule has 0 aliphatic carbocycles. The molecular weight excluding hydrogens is 949 g/mol. The van der Waals surface area contributed by atoms with Crippen molar-refractivity contribution in [3.63, 3.8) is 0 Å². The summed E-state index contributed by atoms with van der Waals surface area (Å²) in [5, 5.41) is 0. The first-order valence-corrected chi connectivity index (χ1v) is 32.0. The third kappa shape index (κ3) is 62.5. The van der Waals surface area contributed by atoms with E-state index in [0.29, 0.717) is 19.3 Å². The molecule has 0 aromatic rings. The zero-order chi connectivity index (χ0) is 55.7. The summed E-state index contributed by atoms with van der Waals surface area (Å²) in [5.74, 6) is -0.914. The van der Waals surface area contributed by atoms with Crippen molar-refractivity contribution in [2.24, 2.45) is 0 Å². The highest BCUT2D eigenvalue weighted by Gasteiger charge is 2.19. The van der Waals surface area contributed by atoms with Crippen molar-refractivity contribution in [1.29, 1.82) is 0 Å². The maximum atomic E-state index is 12.9. The van der Waals surface area contributed by atoms with Gasteiger partial charge in [-0.05, 0) is 135 Å². The number of esters is 3. The minimum Gasteiger partial charge on any atom is -0.462 e. The van der Waals surface area contributed by atoms with Crippen molar-refractivity contribution >= 4 is 17.9 Å². The number of carbonyl (C=O) groups is 3. The molecule has 0 saturated carbocycles. The van der Waals surface area contributed by atoms with Crippen LogP contribution in [-0.4, -0.2) is 37.2 Å². The van der Waals surface area contributed by atoms with Gasteiger partial charge in [-0.3, -0.25) is 14.4 Å². The second-order valence-electron chi connectivity index (χ2n) is 20.9. The maximum Gasteiger partial charge on any atom is 0.306 e. The van der Waals surface area contributed by atoms with Crippen LogP contribution in [0.1, 0.15) is 290 Å². The fourth-order valence-electron chi connectivity index (χ4n) is 8.62. The quantitative estimate of drug-likeness (QED) is 0.0261. The summed E-state index contributed by atoms with van der Waals surface area (Å²) in [7, 11) is 0. The predicted molar refractivity (Wildman–Crippen MR) is 334 cm³/mol. The molecule has 0 heterocycles. The number of carbonyl (C=O) groups excluding carboxylic acids is 3. The van der Waals surface area contributed by atoms with Crippen molar-refractivity contribution in [3.05, 3.63) is 122 Å². The van der Waals surface area contributed by atoms with Gasteiger partial charge in [0, 0.05) is 19.3 Å². The Kier molecular flexibility index (Phi) is 60.8. The zero-order valence-electron chi connectivity index (χ0n) is 50.2. The largest absolute Gasteiger partial charge is 0.462 e. The molecule has 77 heavy (non-hydrogen) atoms. The van der Waals surface area contributed by atoms with Crippen LogP contribution in [-0.2, 0) is 28.6 Å². The van der Waals surface area contributed by atoms with E-state index in [2.05, 4.69) is 142 Å². The highest BCUT2D eigenvalue weighted by Crippen LogP contribution is 2.15. The molecule has 0 N–H and O–H groups in total. The van der Waals surface area contributed by atoms with E-state index in [-0.39, 0.29) is 31.1 Å². The molecule has 1 unspecified atom stereocenters. The molecule has 0 radical (unpaired) electrons. The van der Waals surface area contributed by atoms with Crippen molar-refractivity contribution in [1.82, 2.24) is 0 Å². The lowest BCUT2D eigenvalue weighted by Crippen LogP contribution is -2.30. The van der Waals surface area contributed by atoms with Gasteiger partial charge in [0.1, 0.15) is 13.2 Å². The lowest BCUT2D eigenvalue weighted by Gasteiger charge is -2.18. The van der Waals surface area contributed by atoms with Crippen molar-refractivity contribution < 1.29 is 28.6 Å².